The van der Waals surface area contributed by atoms with E-state index in [9.17, 15) is 4.79 Å². The van der Waals surface area contributed by atoms with Crippen LogP contribution in [-0.4, -0.2) is 29.9 Å². The molecule has 1 unspecified atom stereocenters. The number of carbonyl (C=O) groups excluding carboxylic acids is 1. The minimum atomic E-state index is 0.118. The number of rotatable bonds is 1. The first-order chi connectivity index (χ1) is 9.56. The average molecular weight is 293 g/mol. The van der Waals surface area contributed by atoms with Crippen LogP contribution in [0.4, 0.5) is 0 Å². The van der Waals surface area contributed by atoms with Crippen molar-refractivity contribution in [2.45, 2.75) is 32.2 Å². The third kappa shape index (κ3) is 2.45. The van der Waals surface area contributed by atoms with Crippen LogP contribution in [-0.2, 0) is 0 Å². The maximum atomic E-state index is 12.7. The first kappa shape index (κ1) is 13.9. The minimum absolute atomic E-state index is 0.118. The average Bonchev–Trinajstić information content (AvgIpc) is 2.84. The molecule has 2 fully saturated rings. The van der Waals surface area contributed by atoms with Gasteiger partial charge in [-0.1, -0.05) is 17.7 Å². The van der Waals surface area contributed by atoms with E-state index in [1.165, 1.54) is 0 Å². The summed E-state index contributed by atoms with van der Waals surface area (Å²) in [4.78, 5) is 14.7. The SMILES string of the molecule is Cc1c(Cl)cccc1C(=O)N1C[C@H]2CCC(N)C[C@H]2C1. The molecule has 0 aromatic heterocycles. The summed E-state index contributed by atoms with van der Waals surface area (Å²) in [5.41, 5.74) is 7.66. The first-order valence-electron chi connectivity index (χ1n) is 7.36. The fourth-order valence-electron chi connectivity index (χ4n) is 3.64. The Labute approximate surface area is 125 Å². The van der Waals surface area contributed by atoms with Crippen LogP contribution in [0.5, 0.6) is 0 Å². The number of hydrogen-bond acceptors (Lipinski definition) is 2. The molecule has 1 amide bonds. The van der Waals surface area contributed by atoms with Gasteiger partial charge in [0.25, 0.3) is 5.91 Å². The van der Waals surface area contributed by atoms with Gasteiger partial charge in [0.05, 0.1) is 0 Å². The molecule has 1 saturated heterocycles. The number of fused-ring (bicyclic) bond motifs is 1. The van der Waals surface area contributed by atoms with Crippen molar-refractivity contribution in [2.75, 3.05) is 13.1 Å². The van der Waals surface area contributed by atoms with Gasteiger partial charge in [-0.3, -0.25) is 4.79 Å². The van der Waals surface area contributed by atoms with Crippen LogP contribution >= 0.6 is 11.6 Å². The van der Waals surface area contributed by atoms with E-state index in [-0.39, 0.29) is 5.91 Å². The van der Waals surface area contributed by atoms with Gasteiger partial charge in [-0.15, -0.1) is 0 Å². The lowest BCUT2D eigenvalue weighted by atomic mass is 9.79. The van der Waals surface area contributed by atoms with Crippen molar-refractivity contribution in [3.63, 3.8) is 0 Å². The molecular weight excluding hydrogens is 272 g/mol. The van der Waals surface area contributed by atoms with E-state index < -0.39 is 0 Å². The van der Waals surface area contributed by atoms with Crippen molar-refractivity contribution in [2.24, 2.45) is 17.6 Å². The molecule has 1 aromatic rings. The van der Waals surface area contributed by atoms with Crippen LogP contribution in [0.25, 0.3) is 0 Å². The summed E-state index contributed by atoms with van der Waals surface area (Å²) < 4.78 is 0. The number of benzene rings is 1. The van der Waals surface area contributed by atoms with E-state index in [1.807, 2.05) is 30.0 Å². The molecule has 0 bridgehead atoms. The lowest BCUT2D eigenvalue weighted by Gasteiger charge is -2.27. The van der Waals surface area contributed by atoms with Gasteiger partial charge in [0.2, 0.25) is 0 Å². The van der Waals surface area contributed by atoms with Crippen molar-refractivity contribution < 1.29 is 4.79 Å². The fraction of sp³-hybridized carbons (Fsp3) is 0.562. The number of nitrogens with zero attached hydrogens (tertiary/aromatic N) is 1. The maximum absolute atomic E-state index is 12.7. The van der Waals surface area contributed by atoms with Gasteiger partial charge < -0.3 is 10.6 Å². The topological polar surface area (TPSA) is 46.3 Å². The van der Waals surface area contributed by atoms with Crippen molar-refractivity contribution in [1.82, 2.24) is 4.90 Å². The van der Waals surface area contributed by atoms with Gasteiger partial charge in [-0.2, -0.15) is 0 Å². The summed E-state index contributed by atoms with van der Waals surface area (Å²) in [5.74, 6) is 1.34. The van der Waals surface area contributed by atoms with Crippen LogP contribution in [0, 0.1) is 18.8 Å². The molecule has 0 radical (unpaired) electrons. The highest BCUT2D eigenvalue weighted by molar-refractivity contribution is 6.31. The summed E-state index contributed by atoms with van der Waals surface area (Å²) in [6, 6.07) is 5.87. The molecular formula is C16H21ClN2O. The van der Waals surface area contributed by atoms with Crippen LogP contribution in [0.2, 0.25) is 5.02 Å². The molecule has 1 heterocycles. The summed E-state index contributed by atoms with van der Waals surface area (Å²) in [6.07, 6.45) is 3.31. The molecule has 0 spiro atoms. The van der Waals surface area contributed by atoms with Crippen LogP contribution in [0.1, 0.15) is 35.2 Å². The van der Waals surface area contributed by atoms with E-state index in [0.29, 0.717) is 22.9 Å². The van der Waals surface area contributed by atoms with Gasteiger partial charge in [0.15, 0.2) is 0 Å². The number of likely N-dealkylation sites (tertiary alicyclic amines) is 1. The predicted molar refractivity (Wildman–Crippen MR) is 80.9 cm³/mol. The molecule has 1 aromatic carbocycles. The summed E-state index contributed by atoms with van der Waals surface area (Å²) in [6.45, 7) is 3.64. The second-order valence-electron chi connectivity index (χ2n) is 6.22. The van der Waals surface area contributed by atoms with E-state index >= 15 is 0 Å². The molecule has 1 saturated carbocycles. The molecule has 20 heavy (non-hydrogen) atoms. The zero-order valence-electron chi connectivity index (χ0n) is 11.8. The normalized spacial score (nSPS) is 29.4. The molecule has 3 nitrogen and oxygen atoms in total. The molecule has 1 aliphatic heterocycles. The van der Waals surface area contributed by atoms with Gasteiger partial charge >= 0.3 is 0 Å². The summed E-state index contributed by atoms with van der Waals surface area (Å²) in [7, 11) is 0. The molecule has 3 atom stereocenters. The molecule has 108 valence electrons. The maximum Gasteiger partial charge on any atom is 0.254 e. The Kier molecular flexibility index (Phi) is 3.74. The van der Waals surface area contributed by atoms with Crippen LogP contribution in [0.3, 0.4) is 0 Å². The number of carbonyl (C=O) groups is 1. The van der Waals surface area contributed by atoms with Gasteiger partial charge in [-0.05, 0) is 55.7 Å². The van der Waals surface area contributed by atoms with Crippen LogP contribution < -0.4 is 5.73 Å². The highest BCUT2D eigenvalue weighted by atomic mass is 35.5. The van der Waals surface area contributed by atoms with Crippen molar-refractivity contribution >= 4 is 17.5 Å². The van der Waals surface area contributed by atoms with Gasteiger partial charge in [-0.25, -0.2) is 0 Å². The Morgan fingerprint density at radius 1 is 1.30 bits per heavy atom. The van der Waals surface area contributed by atoms with Crippen molar-refractivity contribution in [3.05, 3.63) is 34.3 Å². The predicted octanol–water partition coefficient (Wildman–Crippen LogP) is 2.85. The smallest absolute Gasteiger partial charge is 0.254 e. The Morgan fingerprint density at radius 3 is 2.85 bits per heavy atom. The zero-order chi connectivity index (χ0) is 14.3. The highest BCUT2D eigenvalue weighted by Gasteiger charge is 2.38. The fourth-order valence-corrected chi connectivity index (χ4v) is 3.82. The van der Waals surface area contributed by atoms with E-state index in [0.717, 1.165) is 43.5 Å². The lowest BCUT2D eigenvalue weighted by Crippen LogP contribution is -2.32. The third-order valence-electron chi connectivity index (χ3n) is 4.88. The van der Waals surface area contributed by atoms with E-state index in [2.05, 4.69) is 0 Å². The largest absolute Gasteiger partial charge is 0.338 e. The van der Waals surface area contributed by atoms with E-state index in [4.69, 9.17) is 17.3 Å². The Morgan fingerprint density at radius 2 is 2.05 bits per heavy atom. The zero-order valence-corrected chi connectivity index (χ0v) is 12.6. The third-order valence-corrected chi connectivity index (χ3v) is 5.28. The number of amides is 1. The molecule has 2 aliphatic rings. The van der Waals surface area contributed by atoms with Crippen molar-refractivity contribution in [1.29, 1.82) is 0 Å². The number of halogens is 1. The Hall–Kier alpha value is -1.06. The molecule has 2 N–H and O–H groups in total. The Balaban J connectivity index is 1.77. The van der Waals surface area contributed by atoms with Gasteiger partial charge in [0.1, 0.15) is 0 Å². The number of nitrogens with two attached hydrogens (primary N) is 1. The second kappa shape index (κ2) is 5.38. The highest BCUT2D eigenvalue weighted by Crippen LogP contribution is 2.36. The molecule has 3 rings (SSSR count). The molecule has 4 heteroatoms. The summed E-state index contributed by atoms with van der Waals surface area (Å²) >= 11 is 6.12. The van der Waals surface area contributed by atoms with Crippen LogP contribution in [0.15, 0.2) is 18.2 Å². The minimum Gasteiger partial charge on any atom is -0.338 e. The number of hydrogen-bond donors (Lipinski definition) is 1. The second-order valence-corrected chi connectivity index (χ2v) is 6.62. The van der Waals surface area contributed by atoms with Crippen molar-refractivity contribution in [3.8, 4) is 0 Å². The quantitative estimate of drug-likeness (QED) is 0.865. The monoisotopic (exact) mass is 292 g/mol. The first-order valence-corrected chi connectivity index (χ1v) is 7.74. The lowest BCUT2D eigenvalue weighted by molar-refractivity contribution is 0.0783. The Bertz CT molecular complexity index is 531. The standard InChI is InChI=1S/C16H21ClN2O/c1-10-14(3-2-4-15(10)17)16(20)19-8-11-5-6-13(18)7-12(11)9-19/h2-4,11-13H,5-9,18H2,1H3/t11-,12+,13?/m1/s1. The molecule has 1 aliphatic carbocycles. The van der Waals surface area contributed by atoms with Gasteiger partial charge in [0, 0.05) is 29.7 Å². The summed E-state index contributed by atoms with van der Waals surface area (Å²) in [5, 5.41) is 0.662. The van der Waals surface area contributed by atoms with E-state index in [1.54, 1.807) is 0 Å².